The van der Waals surface area contributed by atoms with E-state index in [1.54, 1.807) is 23.1 Å². The zero-order valence-electron chi connectivity index (χ0n) is 13.6. The number of carbonyl (C=O) groups is 1. The molecule has 2 nitrogen and oxygen atoms in total. The van der Waals surface area contributed by atoms with Crippen LogP contribution in [-0.2, 0) is 5.75 Å². The number of nitrogens with one attached hydrogen (secondary N) is 1. The number of benzene rings is 2. The number of hydrogen-bond donors (Lipinski definition) is 1. The lowest BCUT2D eigenvalue weighted by Gasteiger charge is -2.15. The first kappa shape index (κ1) is 16.7. The molecule has 0 fully saturated rings. The number of rotatable bonds is 3. The Balaban J connectivity index is 1.59. The van der Waals surface area contributed by atoms with E-state index in [1.165, 1.54) is 20.9 Å². The summed E-state index contributed by atoms with van der Waals surface area (Å²) in [6.45, 7) is 2.01. The quantitative estimate of drug-likeness (QED) is 0.584. The SMILES string of the molecule is CC(NC(=O)c1cc2c(s1)-c1ccc(Cl)cc1SC2)c1ccccc1. The summed E-state index contributed by atoms with van der Waals surface area (Å²) in [5.74, 6) is 0.858. The minimum Gasteiger partial charge on any atom is -0.345 e. The van der Waals surface area contributed by atoms with Crippen molar-refractivity contribution in [2.75, 3.05) is 0 Å². The van der Waals surface area contributed by atoms with Crippen molar-refractivity contribution in [2.24, 2.45) is 0 Å². The number of fused-ring (bicyclic) bond motifs is 3. The summed E-state index contributed by atoms with van der Waals surface area (Å²) in [4.78, 5) is 15.8. The molecular weight excluding hydrogens is 370 g/mol. The van der Waals surface area contributed by atoms with Crippen LogP contribution in [0.1, 0.15) is 33.8 Å². The standard InChI is InChI=1S/C20H16ClNOS2/c1-12(13-5-3-2-4-6-13)22-20(23)18-9-14-11-24-17-10-15(21)7-8-16(17)19(14)25-18/h2-10,12H,11H2,1H3,(H,22,23). The second kappa shape index (κ2) is 6.87. The summed E-state index contributed by atoms with van der Waals surface area (Å²) in [6.07, 6.45) is 0. The summed E-state index contributed by atoms with van der Waals surface area (Å²) in [5, 5.41) is 3.85. The van der Waals surface area contributed by atoms with Crippen molar-refractivity contribution in [3.05, 3.63) is 75.6 Å². The number of thioether (sulfide) groups is 1. The van der Waals surface area contributed by atoms with Gasteiger partial charge in [-0.1, -0.05) is 48.0 Å². The Morgan fingerprint density at radius 2 is 1.96 bits per heavy atom. The van der Waals surface area contributed by atoms with E-state index in [0.29, 0.717) is 0 Å². The van der Waals surface area contributed by atoms with Crippen LogP contribution in [0.2, 0.25) is 5.02 Å². The molecule has 1 aromatic heterocycles. The lowest BCUT2D eigenvalue weighted by Crippen LogP contribution is -2.25. The van der Waals surface area contributed by atoms with E-state index in [-0.39, 0.29) is 11.9 Å². The fourth-order valence-electron chi connectivity index (χ4n) is 2.93. The first-order chi connectivity index (χ1) is 12.1. The highest BCUT2D eigenvalue weighted by Crippen LogP contribution is 2.46. The van der Waals surface area contributed by atoms with Crippen molar-refractivity contribution in [3.8, 4) is 10.4 Å². The molecule has 5 heteroatoms. The average molecular weight is 386 g/mol. The maximum atomic E-state index is 12.7. The normalized spacial score (nSPS) is 13.7. The predicted octanol–water partition coefficient (Wildman–Crippen LogP) is 6.17. The maximum absolute atomic E-state index is 12.7. The first-order valence-electron chi connectivity index (χ1n) is 8.03. The fourth-order valence-corrected chi connectivity index (χ4v) is 5.52. The van der Waals surface area contributed by atoms with Crippen molar-refractivity contribution in [3.63, 3.8) is 0 Å². The van der Waals surface area contributed by atoms with Gasteiger partial charge in [0.15, 0.2) is 0 Å². The topological polar surface area (TPSA) is 29.1 Å². The smallest absolute Gasteiger partial charge is 0.261 e. The molecule has 1 atom stereocenters. The predicted molar refractivity (Wildman–Crippen MR) is 107 cm³/mol. The Morgan fingerprint density at radius 1 is 1.16 bits per heavy atom. The van der Waals surface area contributed by atoms with Crippen molar-refractivity contribution in [1.82, 2.24) is 5.32 Å². The van der Waals surface area contributed by atoms with Crippen molar-refractivity contribution in [1.29, 1.82) is 0 Å². The summed E-state index contributed by atoms with van der Waals surface area (Å²) in [7, 11) is 0. The lowest BCUT2D eigenvalue weighted by molar-refractivity contribution is 0.0944. The van der Waals surface area contributed by atoms with Crippen LogP contribution >= 0.6 is 34.7 Å². The number of carbonyl (C=O) groups excluding carboxylic acids is 1. The third kappa shape index (κ3) is 3.34. The van der Waals surface area contributed by atoms with Gasteiger partial charge in [-0.3, -0.25) is 4.79 Å². The monoisotopic (exact) mass is 385 g/mol. The third-order valence-corrected chi connectivity index (χ3v) is 6.80. The van der Waals surface area contributed by atoms with Gasteiger partial charge >= 0.3 is 0 Å². The van der Waals surface area contributed by atoms with E-state index in [0.717, 1.165) is 21.2 Å². The third-order valence-electron chi connectivity index (χ3n) is 4.25. The van der Waals surface area contributed by atoms with Crippen LogP contribution < -0.4 is 5.32 Å². The largest absolute Gasteiger partial charge is 0.345 e. The molecule has 0 bridgehead atoms. The molecule has 0 saturated carbocycles. The molecule has 126 valence electrons. The van der Waals surface area contributed by atoms with Crippen LogP contribution in [0.5, 0.6) is 0 Å². The Bertz CT molecular complexity index is 936. The van der Waals surface area contributed by atoms with Crippen molar-refractivity contribution in [2.45, 2.75) is 23.6 Å². The van der Waals surface area contributed by atoms with Gasteiger partial charge in [0, 0.05) is 26.1 Å². The molecule has 0 radical (unpaired) electrons. The Labute approximate surface area is 160 Å². The minimum atomic E-state index is -0.0201. The van der Waals surface area contributed by atoms with Gasteiger partial charge in [-0.05, 0) is 36.2 Å². The van der Waals surface area contributed by atoms with Gasteiger partial charge in [-0.25, -0.2) is 0 Å². The summed E-state index contributed by atoms with van der Waals surface area (Å²) >= 11 is 9.43. The van der Waals surface area contributed by atoms with E-state index in [2.05, 4.69) is 5.32 Å². The summed E-state index contributed by atoms with van der Waals surface area (Å²) in [6, 6.07) is 18.0. The van der Waals surface area contributed by atoms with E-state index in [1.807, 2.05) is 61.5 Å². The number of halogens is 1. The van der Waals surface area contributed by atoms with Crippen molar-refractivity contribution >= 4 is 40.6 Å². The molecule has 0 saturated heterocycles. The highest BCUT2D eigenvalue weighted by molar-refractivity contribution is 7.98. The molecule has 0 spiro atoms. The van der Waals surface area contributed by atoms with Gasteiger partial charge in [0.25, 0.3) is 5.91 Å². The molecule has 2 aromatic carbocycles. The molecule has 1 unspecified atom stereocenters. The minimum absolute atomic E-state index is 0.0173. The molecule has 1 N–H and O–H groups in total. The number of hydrogen-bond acceptors (Lipinski definition) is 3. The molecule has 3 aromatic rings. The van der Waals surface area contributed by atoms with Crippen LogP contribution in [0.4, 0.5) is 0 Å². The zero-order valence-corrected chi connectivity index (χ0v) is 16.0. The highest BCUT2D eigenvalue weighted by Gasteiger charge is 2.23. The molecule has 1 aliphatic heterocycles. The van der Waals surface area contributed by atoms with Crippen LogP contribution in [0.25, 0.3) is 10.4 Å². The van der Waals surface area contributed by atoms with Crippen molar-refractivity contribution < 1.29 is 4.79 Å². The van der Waals surface area contributed by atoms with E-state index >= 15 is 0 Å². The van der Waals surface area contributed by atoms with E-state index in [9.17, 15) is 4.79 Å². The van der Waals surface area contributed by atoms with E-state index < -0.39 is 0 Å². The fraction of sp³-hybridized carbons (Fsp3) is 0.150. The van der Waals surface area contributed by atoms with Crippen LogP contribution in [0.3, 0.4) is 0 Å². The molecule has 4 rings (SSSR count). The molecule has 2 heterocycles. The Hall–Kier alpha value is -1.75. The van der Waals surface area contributed by atoms with Gasteiger partial charge in [-0.15, -0.1) is 23.1 Å². The maximum Gasteiger partial charge on any atom is 0.261 e. The lowest BCUT2D eigenvalue weighted by atomic mass is 10.1. The molecule has 1 aliphatic rings. The van der Waals surface area contributed by atoms with Crippen LogP contribution in [0.15, 0.2) is 59.5 Å². The first-order valence-corrected chi connectivity index (χ1v) is 10.2. The van der Waals surface area contributed by atoms with Crippen LogP contribution in [-0.4, -0.2) is 5.91 Å². The Kier molecular flexibility index (Phi) is 4.59. The zero-order chi connectivity index (χ0) is 17.4. The number of amides is 1. The second-order valence-corrected chi connectivity index (χ2v) is 8.51. The Morgan fingerprint density at radius 3 is 2.76 bits per heavy atom. The van der Waals surface area contributed by atoms with E-state index in [4.69, 9.17) is 11.6 Å². The van der Waals surface area contributed by atoms with Crippen LogP contribution in [0, 0.1) is 0 Å². The molecular formula is C20H16ClNOS2. The summed E-state index contributed by atoms with van der Waals surface area (Å²) < 4.78 is 0. The second-order valence-electron chi connectivity index (χ2n) is 6.00. The van der Waals surface area contributed by atoms with Gasteiger partial charge in [0.1, 0.15) is 0 Å². The van der Waals surface area contributed by atoms with Gasteiger partial charge < -0.3 is 5.32 Å². The molecule has 25 heavy (non-hydrogen) atoms. The molecule has 0 aliphatic carbocycles. The molecule has 1 amide bonds. The average Bonchev–Trinajstić information content (AvgIpc) is 3.07. The van der Waals surface area contributed by atoms with Gasteiger partial charge in [0.2, 0.25) is 0 Å². The highest BCUT2D eigenvalue weighted by atomic mass is 35.5. The van der Waals surface area contributed by atoms with Gasteiger partial charge in [-0.2, -0.15) is 0 Å². The van der Waals surface area contributed by atoms with Gasteiger partial charge in [0.05, 0.1) is 10.9 Å². The number of thiophene rings is 1. The summed E-state index contributed by atoms with van der Waals surface area (Å²) in [5.41, 5.74) is 3.51.